The number of rotatable bonds is 6. The van der Waals surface area contributed by atoms with E-state index in [0.717, 1.165) is 0 Å². The number of hydrogen-bond acceptors (Lipinski definition) is 11. The lowest BCUT2D eigenvalue weighted by Crippen LogP contribution is -2.57. The zero-order valence-electron chi connectivity index (χ0n) is 27.6. The van der Waals surface area contributed by atoms with Gasteiger partial charge >= 0.3 is 5.97 Å². The molecule has 0 saturated carbocycles. The summed E-state index contributed by atoms with van der Waals surface area (Å²) in [5.41, 5.74) is -2.36. The summed E-state index contributed by atoms with van der Waals surface area (Å²) in [5, 5.41) is 11.2. The number of carbonyl (C=O) groups excluding carboxylic acids is 2. The van der Waals surface area contributed by atoms with Crippen LogP contribution in [0.3, 0.4) is 0 Å². The minimum Gasteiger partial charge on any atom is -0.463 e. The van der Waals surface area contributed by atoms with Crippen LogP contribution >= 0.6 is 0 Å². The van der Waals surface area contributed by atoms with Crippen molar-refractivity contribution in [2.45, 2.75) is 109 Å². The fraction of sp³-hybridized carbons (Fsp3) is 0.933. The number of nitrogens with zero attached hydrogens (tertiary/aromatic N) is 3. The van der Waals surface area contributed by atoms with E-state index in [2.05, 4.69) is 4.90 Å². The number of hydrogen-bond donors (Lipinski definition) is 1. The van der Waals surface area contributed by atoms with Gasteiger partial charge in [0.1, 0.15) is 18.1 Å². The van der Waals surface area contributed by atoms with E-state index in [0.29, 0.717) is 51.7 Å². The molecule has 3 rings (SSSR count). The lowest BCUT2D eigenvalue weighted by Gasteiger charge is -2.45. The molecule has 0 spiro atoms. The molecule has 0 radical (unpaired) electrons. The number of methoxy groups -OCH3 is 1. The molecule has 0 aliphatic carbocycles. The van der Waals surface area contributed by atoms with Gasteiger partial charge in [0.25, 0.3) is 0 Å². The molecular formula is C30H55N3O9S. The average Bonchev–Trinajstić information content (AvgIpc) is 2.93. The summed E-state index contributed by atoms with van der Waals surface area (Å²) in [6.07, 6.45) is 1.44. The quantitative estimate of drug-likeness (QED) is 0.337. The fourth-order valence-corrected chi connectivity index (χ4v) is 7.43. The molecule has 12 nitrogen and oxygen atoms in total. The highest BCUT2D eigenvalue weighted by atomic mass is 32.2. The molecule has 3 fully saturated rings. The van der Waals surface area contributed by atoms with Crippen LogP contribution in [0.2, 0.25) is 0 Å². The van der Waals surface area contributed by atoms with E-state index in [1.54, 1.807) is 21.0 Å². The van der Waals surface area contributed by atoms with E-state index in [9.17, 15) is 23.1 Å². The Hall–Kier alpha value is -1.19. The Morgan fingerprint density at radius 1 is 1.09 bits per heavy atom. The summed E-state index contributed by atoms with van der Waals surface area (Å²) in [6, 6.07) is -0.317. The number of aliphatic hydroxyl groups is 1. The molecule has 3 heterocycles. The third kappa shape index (κ3) is 8.75. The van der Waals surface area contributed by atoms with Gasteiger partial charge in [-0.05, 0) is 93.4 Å². The molecule has 3 aliphatic rings. The first-order valence-corrected chi connectivity index (χ1v) is 17.3. The smallest absolute Gasteiger partial charge is 0.319 e. The van der Waals surface area contributed by atoms with Crippen molar-refractivity contribution < 1.29 is 42.1 Å². The van der Waals surface area contributed by atoms with Crippen LogP contribution in [0, 0.1) is 11.3 Å². The lowest BCUT2D eigenvalue weighted by atomic mass is 9.81. The van der Waals surface area contributed by atoms with E-state index >= 15 is 0 Å². The maximum Gasteiger partial charge on any atom is 0.319 e. The number of ether oxygens (including phenoxy) is 4. The number of cyclic esters (lactones) is 1. The van der Waals surface area contributed by atoms with Crippen molar-refractivity contribution in [1.29, 1.82) is 0 Å². The number of likely N-dealkylation sites (N-methyl/N-ethyl adjacent to an activating group) is 2. The zero-order chi connectivity index (χ0) is 32.3. The minimum absolute atomic E-state index is 0.114. The second kappa shape index (κ2) is 14.5. The topological polar surface area (TPSA) is 135 Å². The molecule has 3 aliphatic heterocycles. The average molecular weight is 634 g/mol. The van der Waals surface area contributed by atoms with Crippen molar-refractivity contribution in [1.82, 2.24) is 14.1 Å². The molecule has 0 aromatic heterocycles. The summed E-state index contributed by atoms with van der Waals surface area (Å²) in [6.45, 7) is 8.60. The third-order valence-corrected chi connectivity index (χ3v) is 11.3. The summed E-state index contributed by atoms with van der Waals surface area (Å²) < 4.78 is 50.0. The van der Waals surface area contributed by atoms with Crippen molar-refractivity contribution in [3.8, 4) is 0 Å². The van der Waals surface area contributed by atoms with Crippen LogP contribution in [0.15, 0.2) is 0 Å². The Kier molecular flexibility index (Phi) is 12.2. The highest BCUT2D eigenvalue weighted by Gasteiger charge is 2.47. The van der Waals surface area contributed by atoms with Crippen LogP contribution in [0.4, 0.5) is 0 Å². The number of carbonyl (C=O) groups is 2. The second-order valence-corrected chi connectivity index (χ2v) is 15.7. The Balaban J connectivity index is 1.86. The molecule has 0 amide bonds. The molecule has 43 heavy (non-hydrogen) atoms. The maximum atomic E-state index is 13.8. The molecule has 3 saturated heterocycles. The third-order valence-electron chi connectivity index (χ3n) is 9.95. The number of Topliss-reactive ketones (excluding diaryl/α,β-unsaturated/α-hetero) is 1. The van der Waals surface area contributed by atoms with Gasteiger partial charge in [-0.25, -0.2) is 12.7 Å². The lowest BCUT2D eigenvalue weighted by molar-refractivity contribution is -0.289. The molecule has 13 heteroatoms. The van der Waals surface area contributed by atoms with Crippen molar-refractivity contribution in [2.75, 3.05) is 60.7 Å². The predicted octanol–water partition coefficient (Wildman–Crippen LogP) is 1.50. The molecule has 0 aromatic rings. The van der Waals surface area contributed by atoms with Crippen LogP contribution in [0.1, 0.15) is 66.2 Å². The van der Waals surface area contributed by atoms with E-state index in [4.69, 9.17) is 18.9 Å². The highest BCUT2D eigenvalue weighted by molar-refractivity contribution is 7.88. The van der Waals surface area contributed by atoms with Crippen LogP contribution < -0.4 is 0 Å². The summed E-state index contributed by atoms with van der Waals surface area (Å²) in [4.78, 5) is 31.3. The van der Waals surface area contributed by atoms with Gasteiger partial charge in [-0.1, -0.05) is 0 Å². The predicted molar refractivity (Wildman–Crippen MR) is 162 cm³/mol. The van der Waals surface area contributed by atoms with Gasteiger partial charge in [-0.2, -0.15) is 0 Å². The molecule has 0 bridgehead atoms. The zero-order valence-corrected chi connectivity index (χ0v) is 28.4. The Bertz CT molecular complexity index is 1060. The van der Waals surface area contributed by atoms with E-state index in [-0.39, 0.29) is 42.9 Å². The van der Waals surface area contributed by atoms with Crippen LogP contribution in [0.5, 0.6) is 0 Å². The Morgan fingerprint density at radius 3 is 2.28 bits per heavy atom. The van der Waals surface area contributed by atoms with Crippen molar-refractivity contribution in [2.24, 2.45) is 11.3 Å². The minimum atomic E-state index is -3.26. The summed E-state index contributed by atoms with van der Waals surface area (Å²) in [5.74, 6) is -0.836. The molecule has 0 aromatic carbocycles. The van der Waals surface area contributed by atoms with E-state index in [1.165, 1.54) is 10.6 Å². The monoisotopic (exact) mass is 633 g/mol. The first-order valence-electron chi connectivity index (χ1n) is 15.5. The van der Waals surface area contributed by atoms with Crippen LogP contribution in [-0.2, 0) is 38.6 Å². The maximum absolute atomic E-state index is 13.8. The van der Waals surface area contributed by atoms with Crippen LogP contribution in [-0.4, -0.2) is 142 Å². The first-order chi connectivity index (χ1) is 19.9. The van der Waals surface area contributed by atoms with Crippen molar-refractivity contribution >= 4 is 21.8 Å². The SMILES string of the molecule is CO[C@]1(C)CCCN(C)C(C2CCN(S(C)(=O)=O)CC2)COC(=O)C(C)(C)C(=O)C[C@H]1OC1OC(C)CC(N(C)C)[C@H]1O. The number of sulfonamides is 1. The second-order valence-electron chi connectivity index (χ2n) is 13.7. The van der Waals surface area contributed by atoms with Gasteiger partial charge in [-0.15, -0.1) is 0 Å². The van der Waals surface area contributed by atoms with Crippen molar-refractivity contribution in [3.63, 3.8) is 0 Å². The molecule has 1 N–H and O–H groups in total. The van der Waals surface area contributed by atoms with Gasteiger partial charge in [0.15, 0.2) is 12.1 Å². The van der Waals surface area contributed by atoms with Crippen LogP contribution in [0.25, 0.3) is 0 Å². The number of aliphatic hydroxyl groups excluding tert-OH is 1. The van der Waals surface area contributed by atoms with Gasteiger partial charge in [0.2, 0.25) is 10.0 Å². The standard InChI is InChI=1S/C30H55N3O9S/c1-20-17-22(31(5)6)26(35)27(41-20)42-25-18-24(34)29(2,3)28(36)40-19-23(32(7)14-10-13-30(25,4)39-8)21-11-15-33(16-12-21)43(9,37)38/h20-23,25-27,35H,10-19H2,1-9H3/t20?,22?,23?,25-,26-,27?,30-/m1/s1. The van der Waals surface area contributed by atoms with Gasteiger partial charge in [-0.3, -0.25) is 14.5 Å². The Morgan fingerprint density at radius 2 is 1.72 bits per heavy atom. The van der Waals surface area contributed by atoms with E-state index < -0.39 is 45.5 Å². The molecule has 250 valence electrons. The highest BCUT2D eigenvalue weighted by Crippen LogP contribution is 2.35. The summed E-state index contributed by atoms with van der Waals surface area (Å²) in [7, 11) is 4.12. The Labute approximate surface area is 258 Å². The number of ketones is 1. The summed E-state index contributed by atoms with van der Waals surface area (Å²) >= 11 is 0. The fourth-order valence-electron chi connectivity index (χ4n) is 6.56. The first kappa shape index (κ1) is 36.3. The van der Waals surface area contributed by atoms with Crippen molar-refractivity contribution in [3.05, 3.63) is 0 Å². The normalized spacial score (nSPS) is 36.9. The van der Waals surface area contributed by atoms with Gasteiger partial charge < -0.3 is 29.0 Å². The number of esters is 1. The molecule has 4 unspecified atom stereocenters. The largest absolute Gasteiger partial charge is 0.463 e. The number of piperidine rings is 1. The van der Waals surface area contributed by atoms with Gasteiger partial charge in [0.05, 0.1) is 24.1 Å². The van der Waals surface area contributed by atoms with E-state index in [1.807, 2.05) is 39.9 Å². The molecule has 7 atom stereocenters. The molecular weight excluding hydrogens is 578 g/mol. The van der Waals surface area contributed by atoms with Gasteiger partial charge in [0, 0.05) is 38.7 Å².